The van der Waals surface area contributed by atoms with Crippen LogP contribution in [0.4, 0.5) is 0 Å². The van der Waals surface area contributed by atoms with Crippen LogP contribution < -0.4 is 9.47 Å². The first kappa shape index (κ1) is 79.5. The van der Waals surface area contributed by atoms with E-state index in [-0.39, 0.29) is 43.7 Å². The number of hydrogen-bond donors (Lipinski definition) is 6. The molecule has 20 heteroatoms. The maximum atomic E-state index is 11.9. The lowest BCUT2D eigenvalue weighted by Gasteiger charge is -2.27. The molecule has 0 heterocycles. The number of carboxylic acid groups (broad SMARTS) is 5. The van der Waals surface area contributed by atoms with Gasteiger partial charge in [0.15, 0.2) is 0 Å². The number of carbonyl (C=O) groups excluding carboxylic acids is 4. The first-order valence-corrected chi connectivity index (χ1v) is 21.5. The lowest BCUT2D eigenvalue weighted by molar-refractivity contribution is -0.123. The number of aryl methyl sites for hydroxylation is 1. The van der Waals surface area contributed by atoms with Crippen molar-refractivity contribution < 1.29 is 97.5 Å². The highest BCUT2D eigenvalue weighted by atomic mass is 16.5. The Morgan fingerprint density at radius 2 is 1.00 bits per heavy atom. The number of ether oxygens (including phenoxy) is 5. The molecule has 0 spiro atoms. The Labute approximate surface area is 429 Å². The molecule has 0 saturated carbocycles. The van der Waals surface area contributed by atoms with Crippen molar-refractivity contribution in [3.63, 3.8) is 0 Å². The minimum Gasteiger partial charge on any atom is -0.493 e. The molecule has 0 aliphatic rings. The van der Waals surface area contributed by atoms with E-state index in [2.05, 4.69) is 83.0 Å². The Morgan fingerprint density at radius 3 is 1.30 bits per heavy atom. The van der Waals surface area contributed by atoms with Gasteiger partial charge < -0.3 is 54.3 Å². The average molecular weight is 1040 g/mol. The van der Waals surface area contributed by atoms with Gasteiger partial charge in [-0.3, -0.25) is 43.2 Å². The van der Waals surface area contributed by atoms with Gasteiger partial charge in [0.2, 0.25) is 0 Å². The number of aliphatic hydroxyl groups is 1. The van der Waals surface area contributed by atoms with E-state index in [1.807, 2.05) is 25.1 Å². The zero-order valence-electron chi connectivity index (χ0n) is 43.5. The minimum absolute atomic E-state index is 0.0873. The van der Waals surface area contributed by atoms with Crippen LogP contribution in [0.1, 0.15) is 84.6 Å². The van der Waals surface area contributed by atoms with E-state index in [0.717, 1.165) is 61.6 Å². The monoisotopic (exact) mass is 1030 g/mol. The van der Waals surface area contributed by atoms with Gasteiger partial charge in [-0.05, 0) is 103 Å². The SMILES string of the molecule is C=C(C)C=O.C=CC=O.C=CC=O.CCCC(COC)COc1ccc(C(C)(C)c2ccc(OCC(COC)c3cc(CCOC)c(C)cc3C=O)cc2)cc1.CO.O=CO.O=CO.O=CO.O=CO.O=CO. The van der Waals surface area contributed by atoms with Gasteiger partial charge in [0.25, 0.3) is 32.4 Å². The molecule has 0 fully saturated rings. The Hall–Kier alpha value is -7.65. The van der Waals surface area contributed by atoms with Crippen LogP contribution in [-0.2, 0) is 64.4 Å². The fraction of sp³-hybridized carbons (Fsp3) is 0.377. The molecule has 2 atom stereocenters. The summed E-state index contributed by atoms with van der Waals surface area (Å²) >= 11 is 0. The fourth-order valence-electron chi connectivity index (χ4n) is 5.53. The normalized spacial score (nSPS) is 9.56. The van der Waals surface area contributed by atoms with Gasteiger partial charge in [0.05, 0.1) is 33.0 Å². The molecular weight excluding hydrogens is 957 g/mol. The summed E-state index contributed by atoms with van der Waals surface area (Å²) < 4.78 is 28.5. The van der Waals surface area contributed by atoms with Gasteiger partial charge in [-0.2, -0.15) is 0 Å². The van der Waals surface area contributed by atoms with Crippen molar-refractivity contribution in [2.24, 2.45) is 5.92 Å². The number of rotatable bonds is 22. The smallest absolute Gasteiger partial charge is 0.290 e. The van der Waals surface area contributed by atoms with E-state index in [1.165, 1.54) is 28.8 Å². The molecular formula is C53H78O20. The molecule has 0 amide bonds. The highest BCUT2D eigenvalue weighted by Crippen LogP contribution is 2.34. The van der Waals surface area contributed by atoms with Crippen LogP contribution in [0.5, 0.6) is 11.5 Å². The molecule has 0 saturated heterocycles. The Kier molecular flexibility index (Phi) is 65.8. The summed E-state index contributed by atoms with van der Waals surface area (Å²) in [5, 5.41) is 41.4. The fourth-order valence-corrected chi connectivity index (χ4v) is 5.53. The molecule has 6 N–H and O–H groups in total. The highest BCUT2D eigenvalue weighted by molar-refractivity contribution is 5.78. The molecule has 2 unspecified atom stereocenters. The van der Waals surface area contributed by atoms with Gasteiger partial charge in [-0.1, -0.05) is 77.3 Å². The van der Waals surface area contributed by atoms with Crippen molar-refractivity contribution in [1.29, 1.82) is 0 Å². The summed E-state index contributed by atoms with van der Waals surface area (Å²) in [6.45, 7) is 21.5. The lowest BCUT2D eigenvalue weighted by Crippen LogP contribution is -2.20. The van der Waals surface area contributed by atoms with Crippen molar-refractivity contribution in [2.75, 3.05) is 61.5 Å². The van der Waals surface area contributed by atoms with Crippen molar-refractivity contribution in [3.05, 3.63) is 132 Å². The van der Waals surface area contributed by atoms with E-state index in [4.69, 9.17) is 87.9 Å². The first-order valence-electron chi connectivity index (χ1n) is 21.5. The Morgan fingerprint density at radius 1 is 0.630 bits per heavy atom. The molecule has 3 aromatic rings. The van der Waals surface area contributed by atoms with Crippen molar-refractivity contribution in [1.82, 2.24) is 0 Å². The van der Waals surface area contributed by atoms with Crippen LogP contribution in [0.3, 0.4) is 0 Å². The van der Waals surface area contributed by atoms with E-state index < -0.39 is 0 Å². The van der Waals surface area contributed by atoms with Gasteiger partial charge in [0.1, 0.15) is 36.6 Å². The summed E-state index contributed by atoms with van der Waals surface area (Å²) in [5.74, 6) is 1.97. The number of benzene rings is 3. The number of allylic oxidation sites excluding steroid dienone is 3. The van der Waals surface area contributed by atoms with Crippen LogP contribution >= 0.6 is 0 Å². The van der Waals surface area contributed by atoms with Gasteiger partial charge in [-0.15, -0.1) is 0 Å². The molecule has 0 aromatic heterocycles. The van der Waals surface area contributed by atoms with Crippen LogP contribution in [0.15, 0.2) is 98.1 Å². The highest BCUT2D eigenvalue weighted by Gasteiger charge is 2.24. The van der Waals surface area contributed by atoms with Crippen molar-refractivity contribution >= 4 is 57.5 Å². The largest absolute Gasteiger partial charge is 0.493 e. The van der Waals surface area contributed by atoms with Gasteiger partial charge >= 0.3 is 0 Å². The maximum absolute atomic E-state index is 11.9. The molecule has 410 valence electrons. The average Bonchev–Trinajstić information content (AvgIpc) is 3.39. The van der Waals surface area contributed by atoms with E-state index in [9.17, 15) is 9.59 Å². The third kappa shape index (κ3) is 46.5. The maximum Gasteiger partial charge on any atom is 0.290 e. The molecule has 0 aliphatic heterocycles. The van der Waals surface area contributed by atoms with Crippen LogP contribution in [0, 0.1) is 12.8 Å². The van der Waals surface area contributed by atoms with E-state index in [1.54, 1.807) is 28.3 Å². The zero-order valence-corrected chi connectivity index (χ0v) is 43.5. The molecule has 0 bridgehead atoms. The Bertz CT molecular complexity index is 1800. The summed E-state index contributed by atoms with van der Waals surface area (Å²) in [6.07, 6.45) is 8.31. The van der Waals surface area contributed by atoms with E-state index >= 15 is 0 Å². The molecule has 20 nitrogen and oxygen atoms in total. The van der Waals surface area contributed by atoms with Crippen LogP contribution in [0.2, 0.25) is 0 Å². The third-order valence-electron chi connectivity index (χ3n) is 8.63. The minimum atomic E-state index is -0.250. The zero-order chi connectivity index (χ0) is 57.9. The second kappa shape index (κ2) is 60.5. The number of methoxy groups -OCH3 is 3. The number of aldehydes is 4. The van der Waals surface area contributed by atoms with Crippen molar-refractivity contribution in [2.45, 2.75) is 65.2 Å². The first-order chi connectivity index (χ1) is 34.9. The molecule has 3 aromatic carbocycles. The predicted octanol–water partition coefficient (Wildman–Crippen LogP) is 7.19. The number of aliphatic hydroxyl groups excluding tert-OH is 1. The molecule has 73 heavy (non-hydrogen) atoms. The third-order valence-corrected chi connectivity index (χ3v) is 8.63. The summed E-state index contributed by atoms with van der Waals surface area (Å²) in [7, 11) is 6.11. The lowest BCUT2D eigenvalue weighted by atomic mass is 9.78. The number of hydrogen-bond acceptors (Lipinski definition) is 15. The van der Waals surface area contributed by atoms with E-state index in [0.29, 0.717) is 62.7 Å². The van der Waals surface area contributed by atoms with Crippen LogP contribution in [-0.4, -0.2) is 150 Å². The molecule has 0 aliphatic carbocycles. The second-order valence-corrected chi connectivity index (χ2v) is 14.1. The summed E-state index contributed by atoms with van der Waals surface area (Å²) in [6, 6.07) is 20.7. The summed E-state index contributed by atoms with van der Waals surface area (Å²) in [5.41, 5.74) is 6.65. The molecule has 0 radical (unpaired) electrons. The van der Waals surface area contributed by atoms with Crippen molar-refractivity contribution in [3.8, 4) is 11.5 Å². The quantitative estimate of drug-likeness (QED) is 0.0428. The van der Waals surface area contributed by atoms with Gasteiger partial charge in [0, 0.05) is 51.3 Å². The predicted molar refractivity (Wildman–Crippen MR) is 278 cm³/mol. The number of carbonyl (C=O) groups is 9. The molecule has 3 rings (SSSR count). The van der Waals surface area contributed by atoms with Gasteiger partial charge in [-0.25, -0.2) is 0 Å². The van der Waals surface area contributed by atoms with Crippen LogP contribution in [0.25, 0.3) is 0 Å². The second-order valence-electron chi connectivity index (χ2n) is 14.1. The topological polar surface area (TPSA) is 321 Å². The standard InChI is InChI=1S/C37H50O6.C4H6O.2C3H4O.5CH2O2.CH4O/c1-8-9-28(23-40-6)24-42-34-14-10-32(11-15-34)37(3,4)33-12-16-35(17-13-33)43-26-31(25-41-7)36-21-29(18-19-39-5)27(2)20-30(36)22-38;1-4(2)3-5;2*1-2-3-4;5*2-1-3;1-2/h10-17,20-22,28,31H,8-9,18-19,23-26H2,1-7H3;3H,1H2,2H3;2*2-3H,1H2;5*1H,(H,2,3);2H,1H3. The summed E-state index contributed by atoms with van der Waals surface area (Å²) in [4.78, 5) is 81.3. The Balaban J connectivity index is -0.000000238.